The molecule has 9 heavy (non-hydrogen) atoms. The highest BCUT2D eigenvalue weighted by atomic mass is 16.6. The molecule has 2 N–H and O–H groups in total. The number of hydrogen-bond acceptors (Lipinski definition) is 4. The monoisotopic (exact) mass is 129 g/mol. The molecule has 0 saturated heterocycles. The average molecular weight is 129 g/mol. The molecular weight excluding hydrogens is 126 g/mol. The van der Waals surface area contributed by atoms with Crippen LogP contribution in [0.3, 0.4) is 0 Å². The second-order valence-corrected chi connectivity index (χ2v) is 1.22. The van der Waals surface area contributed by atoms with Gasteiger partial charge in [-0.1, -0.05) is 5.16 Å². The minimum atomic E-state index is -1.19. The summed E-state index contributed by atoms with van der Waals surface area (Å²) in [6.07, 6.45) is -0.0283. The first kappa shape index (κ1) is 5.54. The van der Waals surface area contributed by atoms with Gasteiger partial charge in [0.1, 0.15) is 6.20 Å². The van der Waals surface area contributed by atoms with Gasteiger partial charge in [-0.05, 0) is 5.16 Å². The maximum Gasteiger partial charge on any atom is 0.410 e. The number of rotatable bonds is 1. The largest absolute Gasteiger partial charge is 0.465 e. The number of carboxylic acid groups (broad SMARTS) is 1. The van der Waals surface area contributed by atoms with Gasteiger partial charge in [-0.2, -0.15) is 0 Å². The maximum absolute atomic E-state index is 9.85. The molecule has 48 valence electrons. The van der Waals surface area contributed by atoms with Crippen LogP contribution in [0, 0.1) is 0 Å². The fourth-order valence-electron chi connectivity index (χ4n) is 0.329. The lowest BCUT2D eigenvalue weighted by Gasteiger charge is -1.86. The Morgan fingerprint density at radius 1 is 1.89 bits per heavy atom. The Balaban J connectivity index is 2.58. The molecule has 0 aliphatic rings. The van der Waals surface area contributed by atoms with Crippen molar-refractivity contribution >= 4 is 11.9 Å². The van der Waals surface area contributed by atoms with Crippen molar-refractivity contribution in [1.82, 2.24) is 10.3 Å². The summed E-state index contributed by atoms with van der Waals surface area (Å²) in [4.78, 5) is 9.85. The normalized spacial score (nSPS) is 8.89. The first-order chi connectivity index (χ1) is 4.29. The van der Waals surface area contributed by atoms with E-state index in [4.69, 9.17) is 5.11 Å². The topological polar surface area (TPSA) is 88.2 Å². The smallest absolute Gasteiger partial charge is 0.410 e. The zero-order valence-corrected chi connectivity index (χ0v) is 4.24. The third-order valence-electron chi connectivity index (χ3n) is 0.596. The number of amides is 1. The maximum atomic E-state index is 9.85. The van der Waals surface area contributed by atoms with Gasteiger partial charge in [0.2, 0.25) is 0 Å². The van der Waals surface area contributed by atoms with E-state index in [-0.39, 0.29) is 5.82 Å². The minimum Gasteiger partial charge on any atom is -0.465 e. The van der Waals surface area contributed by atoms with Gasteiger partial charge < -0.3 is 5.11 Å². The second-order valence-electron chi connectivity index (χ2n) is 1.22. The molecular formula is C3H3N3O3. The third kappa shape index (κ3) is 1.41. The number of carbonyl (C=O) groups is 1. The van der Waals surface area contributed by atoms with Crippen molar-refractivity contribution in [3.8, 4) is 0 Å². The summed E-state index contributed by atoms with van der Waals surface area (Å²) in [6, 6.07) is 0. The SMILES string of the molecule is O=C(O)Nc1cnon1. The van der Waals surface area contributed by atoms with E-state index in [0.29, 0.717) is 0 Å². The molecule has 6 heteroatoms. The average Bonchev–Trinajstić information content (AvgIpc) is 2.15. The lowest BCUT2D eigenvalue weighted by atomic mass is 10.7. The van der Waals surface area contributed by atoms with Crippen LogP contribution in [0.2, 0.25) is 0 Å². The lowest BCUT2D eigenvalue weighted by molar-refractivity contribution is 0.209. The Morgan fingerprint density at radius 3 is 3.11 bits per heavy atom. The van der Waals surface area contributed by atoms with Gasteiger partial charge in [0.25, 0.3) is 0 Å². The van der Waals surface area contributed by atoms with Crippen LogP contribution < -0.4 is 5.32 Å². The summed E-state index contributed by atoms with van der Waals surface area (Å²) in [6.45, 7) is 0. The predicted octanol–water partition coefficient (Wildman–Crippen LogP) is 0.159. The molecule has 1 aromatic heterocycles. The van der Waals surface area contributed by atoms with Crippen LogP contribution in [0.5, 0.6) is 0 Å². The van der Waals surface area contributed by atoms with Gasteiger partial charge in [-0.25, -0.2) is 9.42 Å². The zero-order chi connectivity index (χ0) is 6.69. The second kappa shape index (κ2) is 2.12. The van der Waals surface area contributed by atoms with Gasteiger partial charge >= 0.3 is 6.09 Å². The molecule has 0 unspecified atom stereocenters. The van der Waals surface area contributed by atoms with Crippen LogP contribution in [-0.4, -0.2) is 21.5 Å². The Morgan fingerprint density at radius 2 is 2.67 bits per heavy atom. The highest BCUT2D eigenvalue weighted by Gasteiger charge is 1.99. The first-order valence-corrected chi connectivity index (χ1v) is 2.06. The predicted molar refractivity (Wildman–Crippen MR) is 25.9 cm³/mol. The van der Waals surface area contributed by atoms with E-state index >= 15 is 0 Å². The van der Waals surface area contributed by atoms with E-state index in [1.54, 1.807) is 0 Å². The van der Waals surface area contributed by atoms with Crippen LogP contribution in [0.25, 0.3) is 0 Å². The van der Waals surface area contributed by atoms with E-state index in [1.165, 1.54) is 0 Å². The van der Waals surface area contributed by atoms with Crippen molar-refractivity contribution in [3.05, 3.63) is 6.20 Å². The summed E-state index contributed by atoms with van der Waals surface area (Å²) < 4.78 is 4.09. The number of nitrogens with zero attached hydrogens (tertiary/aromatic N) is 2. The van der Waals surface area contributed by atoms with Crippen molar-refractivity contribution in [3.63, 3.8) is 0 Å². The van der Waals surface area contributed by atoms with Gasteiger partial charge in [0.05, 0.1) is 0 Å². The van der Waals surface area contributed by atoms with E-state index < -0.39 is 6.09 Å². The standard InChI is InChI=1S/C3H3N3O3/c7-3(8)5-2-1-4-9-6-2/h1H,(H,5,6)(H,7,8). The van der Waals surface area contributed by atoms with Gasteiger partial charge in [-0.3, -0.25) is 5.32 Å². The van der Waals surface area contributed by atoms with Crippen LogP contribution in [0.4, 0.5) is 10.6 Å². The van der Waals surface area contributed by atoms with Crippen LogP contribution >= 0.6 is 0 Å². The summed E-state index contributed by atoms with van der Waals surface area (Å²) in [7, 11) is 0. The third-order valence-corrected chi connectivity index (χ3v) is 0.596. The molecule has 0 fully saturated rings. The molecule has 0 aliphatic heterocycles. The molecule has 1 amide bonds. The molecule has 0 aromatic carbocycles. The van der Waals surface area contributed by atoms with Crippen LogP contribution in [0.1, 0.15) is 0 Å². The summed E-state index contributed by atoms with van der Waals surface area (Å²) in [5.41, 5.74) is 0. The van der Waals surface area contributed by atoms with Crippen LogP contribution in [-0.2, 0) is 0 Å². The Labute approximate surface area is 49.4 Å². The van der Waals surface area contributed by atoms with Gasteiger partial charge in [-0.15, -0.1) is 0 Å². The Kier molecular flexibility index (Phi) is 1.31. The molecule has 0 aliphatic carbocycles. The molecule has 1 rings (SSSR count). The Bertz CT molecular complexity index is 194. The fraction of sp³-hybridized carbons (Fsp3) is 0. The molecule has 1 heterocycles. The van der Waals surface area contributed by atoms with Crippen molar-refractivity contribution in [2.45, 2.75) is 0 Å². The number of hydrogen-bond donors (Lipinski definition) is 2. The number of nitrogens with one attached hydrogen (secondary N) is 1. The molecule has 1 aromatic rings. The molecule has 0 spiro atoms. The first-order valence-electron chi connectivity index (χ1n) is 2.06. The fourth-order valence-corrected chi connectivity index (χ4v) is 0.329. The Hall–Kier alpha value is -1.59. The lowest BCUT2D eigenvalue weighted by Crippen LogP contribution is -2.06. The molecule has 0 radical (unpaired) electrons. The highest BCUT2D eigenvalue weighted by Crippen LogP contribution is 1.95. The summed E-state index contributed by atoms with van der Waals surface area (Å²) in [5, 5.41) is 16.3. The van der Waals surface area contributed by atoms with Crippen LogP contribution in [0.15, 0.2) is 10.8 Å². The van der Waals surface area contributed by atoms with E-state index in [1.807, 2.05) is 5.32 Å². The van der Waals surface area contributed by atoms with E-state index in [9.17, 15) is 4.79 Å². The summed E-state index contributed by atoms with van der Waals surface area (Å²) >= 11 is 0. The van der Waals surface area contributed by atoms with Crippen molar-refractivity contribution < 1.29 is 14.5 Å². The van der Waals surface area contributed by atoms with E-state index in [0.717, 1.165) is 6.20 Å². The van der Waals surface area contributed by atoms with Gasteiger partial charge in [0.15, 0.2) is 5.82 Å². The zero-order valence-electron chi connectivity index (χ0n) is 4.24. The summed E-state index contributed by atoms with van der Waals surface area (Å²) in [5.74, 6) is 0.0856. The molecule has 6 nitrogen and oxygen atoms in total. The molecule has 0 atom stereocenters. The quantitative estimate of drug-likeness (QED) is 0.563. The van der Waals surface area contributed by atoms with Crippen molar-refractivity contribution in [1.29, 1.82) is 0 Å². The minimum absolute atomic E-state index is 0.0856. The van der Waals surface area contributed by atoms with Crippen molar-refractivity contribution in [2.75, 3.05) is 5.32 Å². The van der Waals surface area contributed by atoms with Crippen molar-refractivity contribution in [2.24, 2.45) is 0 Å². The molecule has 0 saturated carbocycles. The van der Waals surface area contributed by atoms with E-state index in [2.05, 4.69) is 14.9 Å². The number of anilines is 1. The molecule has 0 bridgehead atoms. The van der Waals surface area contributed by atoms with Gasteiger partial charge in [0, 0.05) is 0 Å². The number of aromatic nitrogens is 2. The highest BCUT2D eigenvalue weighted by molar-refractivity contribution is 5.80.